The first-order valence-electron chi connectivity index (χ1n) is 5.74. The third-order valence-electron chi connectivity index (χ3n) is 2.62. The van der Waals surface area contributed by atoms with Crippen molar-refractivity contribution in [2.75, 3.05) is 5.75 Å². The molecule has 0 aliphatic carbocycles. The molecule has 0 spiro atoms. The summed E-state index contributed by atoms with van der Waals surface area (Å²) in [5, 5.41) is 0. The van der Waals surface area contributed by atoms with Crippen molar-refractivity contribution < 1.29 is 9.18 Å². The molecule has 0 aliphatic rings. The Kier molecular flexibility index (Phi) is 4.77. The SMILES string of the molecule is Cc1ccc(SCC(=O)c2cc(Br)ccc2F)cc1. The van der Waals surface area contributed by atoms with E-state index in [0.717, 1.165) is 4.90 Å². The van der Waals surface area contributed by atoms with Crippen molar-refractivity contribution in [3.05, 3.63) is 63.9 Å². The maximum atomic E-state index is 13.5. The molecule has 1 nitrogen and oxygen atoms in total. The van der Waals surface area contributed by atoms with Gasteiger partial charge < -0.3 is 0 Å². The number of rotatable bonds is 4. The van der Waals surface area contributed by atoms with Crippen LogP contribution in [0.3, 0.4) is 0 Å². The first kappa shape index (κ1) is 14.3. The molecule has 0 unspecified atom stereocenters. The lowest BCUT2D eigenvalue weighted by Gasteiger charge is -2.04. The lowest BCUT2D eigenvalue weighted by Crippen LogP contribution is -2.05. The Morgan fingerprint density at radius 3 is 2.58 bits per heavy atom. The van der Waals surface area contributed by atoms with Gasteiger partial charge in [0.15, 0.2) is 5.78 Å². The van der Waals surface area contributed by atoms with Crippen LogP contribution in [-0.2, 0) is 0 Å². The smallest absolute Gasteiger partial charge is 0.176 e. The van der Waals surface area contributed by atoms with E-state index in [1.165, 1.54) is 29.5 Å². The summed E-state index contributed by atoms with van der Waals surface area (Å²) in [6.45, 7) is 2.01. The van der Waals surface area contributed by atoms with E-state index in [9.17, 15) is 9.18 Å². The van der Waals surface area contributed by atoms with Crippen LogP contribution in [0.25, 0.3) is 0 Å². The molecule has 0 bridgehead atoms. The molecule has 0 N–H and O–H groups in total. The van der Waals surface area contributed by atoms with Crippen molar-refractivity contribution in [1.29, 1.82) is 0 Å². The van der Waals surface area contributed by atoms with E-state index in [4.69, 9.17) is 0 Å². The molecule has 98 valence electrons. The fourth-order valence-electron chi connectivity index (χ4n) is 1.57. The maximum absolute atomic E-state index is 13.5. The summed E-state index contributed by atoms with van der Waals surface area (Å²) in [7, 11) is 0. The third-order valence-corrected chi connectivity index (χ3v) is 4.13. The van der Waals surface area contributed by atoms with Crippen molar-refractivity contribution in [2.45, 2.75) is 11.8 Å². The van der Waals surface area contributed by atoms with Crippen LogP contribution in [0.1, 0.15) is 15.9 Å². The molecule has 0 heterocycles. The van der Waals surface area contributed by atoms with Crippen molar-refractivity contribution in [2.24, 2.45) is 0 Å². The first-order valence-corrected chi connectivity index (χ1v) is 7.52. The van der Waals surface area contributed by atoms with Crippen LogP contribution in [0.4, 0.5) is 4.39 Å². The van der Waals surface area contributed by atoms with Gasteiger partial charge in [-0.05, 0) is 37.3 Å². The molecule has 0 fully saturated rings. The van der Waals surface area contributed by atoms with E-state index >= 15 is 0 Å². The summed E-state index contributed by atoms with van der Waals surface area (Å²) in [6, 6.07) is 12.3. The maximum Gasteiger partial charge on any atom is 0.176 e. The number of aryl methyl sites for hydroxylation is 1. The second-order valence-electron chi connectivity index (χ2n) is 4.15. The predicted molar refractivity (Wildman–Crippen MR) is 80.3 cm³/mol. The zero-order chi connectivity index (χ0) is 13.8. The highest BCUT2D eigenvalue weighted by molar-refractivity contribution is 9.10. The summed E-state index contributed by atoms with van der Waals surface area (Å²) in [4.78, 5) is 13.0. The first-order chi connectivity index (χ1) is 9.06. The minimum atomic E-state index is -0.474. The molecule has 4 heteroatoms. The Morgan fingerprint density at radius 1 is 1.21 bits per heavy atom. The quantitative estimate of drug-likeness (QED) is 0.584. The van der Waals surface area contributed by atoms with Crippen molar-refractivity contribution in [1.82, 2.24) is 0 Å². The van der Waals surface area contributed by atoms with E-state index in [1.807, 2.05) is 31.2 Å². The van der Waals surface area contributed by atoms with Crippen molar-refractivity contribution in [3.8, 4) is 0 Å². The Hall–Kier alpha value is -1.13. The molecule has 0 amide bonds. The molecule has 0 aromatic heterocycles. The summed E-state index contributed by atoms with van der Waals surface area (Å²) in [5.41, 5.74) is 1.31. The summed E-state index contributed by atoms with van der Waals surface area (Å²) >= 11 is 4.66. The summed E-state index contributed by atoms with van der Waals surface area (Å²) < 4.78 is 14.3. The number of carbonyl (C=O) groups is 1. The van der Waals surface area contributed by atoms with E-state index in [-0.39, 0.29) is 17.1 Å². The van der Waals surface area contributed by atoms with Crippen LogP contribution >= 0.6 is 27.7 Å². The minimum absolute atomic E-state index is 0.133. The molecular weight excluding hydrogens is 327 g/mol. The second kappa shape index (κ2) is 6.35. The van der Waals surface area contributed by atoms with Crippen LogP contribution in [0, 0.1) is 12.7 Å². The number of thioether (sulfide) groups is 1. The molecule has 0 saturated carbocycles. The van der Waals surface area contributed by atoms with E-state index in [1.54, 1.807) is 6.07 Å². The van der Waals surface area contributed by atoms with Crippen LogP contribution in [0.15, 0.2) is 51.8 Å². The van der Waals surface area contributed by atoms with Crippen LogP contribution in [0.5, 0.6) is 0 Å². The molecule has 2 rings (SSSR count). The zero-order valence-corrected chi connectivity index (χ0v) is 12.7. The summed E-state index contributed by atoms with van der Waals surface area (Å²) in [5.74, 6) is -0.446. The number of ketones is 1. The molecule has 2 aromatic rings. The standard InChI is InChI=1S/C15H12BrFOS/c1-10-2-5-12(6-3-10)19-9-15(18)13-8-11(16)4-7-14(13)17/h2-8H,9H2,1H3. The highest BCUT2D eigenvalue weighted by Gasteiger charge is 2.12. The van der Waals surface area contributed by atoms with Gasteiger partial charge in [-0.15, -0.1) is 11.8 Å². The fraction of sp³-hybridized carbons (Fsp3) is 0.133. The number of halogens is 2. The van der Waals surface area contributed by atoms with Gasteiger partial charge in [-0.1, -0.05) is 33.6 Å². The van der Waals surface area contributed by atoms with Crippen LogP contribution < -0.4 is 0 Å². The highest BCUT2D eigenvalue weighted by Crippen LogP contribution is 2.22. The highest BCUT2D eigenvalue weighted by atomic mass is 79.9. The Bertz CT molecular complexity index is 596. The average Bonchev–Trinajstić information content (AvgIpc) is 2.40. The molecule has 0 aliphatic heterocycles. The van der Waals surface area contributed by atoms with Gasteiger partial charge >= 0.3 is 0 Å². The monoisotopic (exact) mass is 338 g/mol. The molecule has 0 atom stereocenters. The number of hydrogen-bond donors (Lipinski definition) is 0. The van der Waals surface area contributed by atoms with Gasteiger partial charge in [0.05, 0.1) is 11.3 Å². The number of benzene rings is 2. The third kappa shape index (κ3) is 3.91. The van der Waals surface area contributed by atoms with E-state index in [0.29, 0.717) is 4.47 Å². The van der Waals surface area contributed by atoms with Gasteiger partial charge in [-0.3, -0.25) is 4.79 Å². The Morgan fingerprint density at radius 2 is 1.89 bits per heavy atom. The Labute approximate surface area is 124 Å². The van der Waals surface area contributed by atoms with Gasteiger partial charge in [0.2, 0.25) is 0 Å². The van der Waals surface area contributed by atoms with Crippen LogP contribution in [-0.4, -0.2) is 11.5 Å². The van der Waals surface area contributed by atoms with E-state index < -0.39 is 5.82 Å². The number of carbonyl (C=O) groups excluding carboxylic acids is 1. The topological polar surface area (TPSA) is 17.1 Å². The Balaban J connectivity index is 2.05. The zero-order valence-electron chi connectivity index (χ0n) is 10.3. The lowest BCUT2D eigenvalue weighted by molar-refractivity contribution is 0.101. The molecule has 2 aromatic carbocycles. The van der Waals surface area contributed by atoms with Gasteiger partial charge in [-0.25, -0.2) is 4.39 Å². The number of hydrogen-bond acceptors (Lipinski definition) is 2. The van der Waals surface area contributed by atoms with Gasteiger partial charge in [0.25, 0.3) is 0 Å². The van der Waals surface area contributed by atoms with Crippen LogP contribution in [0.2, 0.25) is 0 Å². The fourth-order valence-corrected chi connectivity index (χ4v) is 2.72. The van der Waals surface area contributed by atoms with Crippen molar-refractivity contribution in [3.63, 3.8) is 0 Å². The van der Waals surface area contributed by atoms with Gasteiger partial charge in [0.1, 0.15) is 5.82 Å². The van der Waals surface area contributed by atoms with Crippen molar-refractivity contribution >= 4 is 33.5 Å². The lowest BCUT2D eigenvalue weighted by atomic mass is 10.1. The predicted octanol–water partition coefficient (Wildman–Crippen LogP) is 4.87. The van der Waals surface area contributed by atoms with Gasteiger partial charge in [0, 0.05) is 9.37 Å². The number of Topliss-reactive ketones (excluding diaryl/α,β-unsaturated/α-hetero) is 1. The second-order valence-corrected chi connectivity index (χ2v) is 6.11. The van der Waals surface area contributed by atoms with E-state index in [2.05, 4.69) is 15.9 Å². The molecular formula is C15H12BrFOS. The molecule has 0 radical (unpaired) electrons. The molecule has 0 saturated heterocycles. The minimum Gasteiger partial charge on any atom is -0.293 e. The average molecular weight is 339 g/mol. The summed E-state index contributed by atoms with van der Waals surface area (Å²) in [6.07, 6.45) is 0. The van der Waals surface area contributed by atoms with Gasteiger partial charge in [-0.2, -0.15) is 0 Å². The molecule has 19 heavy (non-hydrogen) atoms. The normalized spacial score (nSPS) is 10.5. The largest absolute Gasteiger partial charge is 0.293 e.